The van der Waals surface area contributed by atoms with Gasteiger partial charge < -0.3 is 11.5 Å². The summed E-state index contributed by atoms with van der Waals surface area (Å²) in [5, 5.41) is 0. The number of rotatable bonds is 1. The Hall–Kier alpha value is -1.00. The van der Waals surface area contributed by atoms with E-state index in [2.05, 4.69) is 0 Å². The lowest BCUT2D eigenvalue weighted by Gasteiger charge is -2.07. The molecule has 0 spiro atoms. The molecule has 1 aromatic carbocycles. The zero-order valence-electron chi connectivity index (χ0n) is 5.72. The van der Waals surface area contributed by atoms with Crippen LogP contribution in [0.5, 0.6) is 0 Å². The lowest BCUT2D eigenvalue weighted by Crippen LogP contribution is -2.22. The summed E-state index contributed by atoms with van der Waals surface area (Å²) in [5.74, 6) is -1.42. The highest BCUT2D eigenvalue weighted by atomic mass is 19.1. The standard InChI is InChI=1S/C7H8F2N2/c8-4-2-1-3-5(9)6(4)7(10)11/h1-3,7H,10-11H2. The van der Waals surface area contributed by atoms with Crippen LogP contribution in [0.3, 0.4) is 0 Å². The van der Waals surface area contributed by atoms with Crippen LogP contribution in [0.25, 0.3) is 0 Å². The molecule has 0 aliphatic carbocycles. The molecule has 1 rings (SSSR count). The van der Waals surface area contributed by atoms with Crippen molar-refractivity contribution < 1.29 is 8.78 Å². The van der Waals surface area contributed by atoms with Gasteiger partial charge in [-0.25, -0.2) is 8.78 Å². The summed E-state index contributed by atoms with van der Waals surface area (Å²) in [6.45, 7) is 0. The maximum Gasteiger partial charge on any atom is 0.132 e. The molecule has 0 fully saturated rings. The first-order valence-electron chi connectivity index (χ1n) is 3.08. The second kappa shape index (κ2) is 2.94. The third-order valence-corrected chi connectivity index (χ3v) is 1.33. The Balaban J connectivity index is 3.21. The SMILES string of the molecule is NC(N)c1c(F)cccc1F. The van der Waals surface area contributed by atoms with E-state index in [4.69, 9.17) is 11.5 Å². The van der Waals surface area contributed by atoms with Crippen LogP contribution in [-0.2, 0) is 0 Å². The molecular weight excluding hydrogens is 150 g/mol. The van der Waals surface area contributed by atoms with Crippen LogP contribution in [0.1, 0.15) is 11.7 Å². The van der Waals surface area contributed by atoms with E-state index >= 15 is 0 Å². The minimum absolute atomic E-state index is 0.271. The second-order valence-electron chi connectivity index (χ2n) is 2.16. The van der Waals surface area contributed by atoms with Gasteiger partial charge in [-0.05, 0) is 12.1 Å². The summed E-state index contributed by atoms with van der Waals surface area (Å²) in [4.78, 5) is 0. The van der Waals surface area contributed by atoms with Gasteiger partial charge in [0.05, 0.1) is 11.7 Å². The normalized spacial score (nSPS) is 10.6. The van der Waals surface area contributed by atoms with Crippen molar-refractivity contribution in [1.82, 2.24) is 0 Å². The summed E-state index contributed by atoms with van der Waals surface area (Å²) in [6, 6.07) is 3.49. The Morgan fingerprint density at radius 2 is 1.55 bits per heavy atom. The van der Waals surface area contributed by atoms with Gasteiger partial charge in [-0.1, -0.05) is 6.07 Å². The molecular formula is C7H8F2N2. The van der Waals surface area contributed by atoms with E-state index < -0.39 is 17.8 Å². The first kappa shape index (κ1) is 8.10. The fraction of sp³-hybridized carbons (Fsp3) is 0.143. The van der Waals surface area contributed by atoms with Crippen LogP contribution in [0, 0.1) is 11.6 Å². The molecule has 0 atom stereocenters. The average molecular weight is 158 g/mol. The molecule has 60 valence electrons. The van der Waals surface area contributed by atoms with E-state index in [1.54, 1.807) is 0 Å². The highest BCUT2D eigenvalue weighted by Gasteiger charge is 2.11. The smallest absolute Gasteiger partial charge is 0.132 e. The highest BCUT2D eigenvalue weighted by Crippen LogP contribution is 2.14. The molecule has 0 aliphatic rings. The Morgan fingerprint density at radius 3 is 1.82 bits per heavy atom. The Morgan fingerprint density at radius 1 is 1.09 bits per heavy atom. The summed E-state index contributed by atoms with van der Waals surface area (Å²) >= 11 is 0. The topological polar surface area (TPSA) is 52.0 Å². The van der Waals surface area contributed by atoms with Gasteiger partial charge in [0.1, 0.15) is 11.6 Å². The number of nitrogens with two attached hydrogens (primary N) is 2. The zero-order valence-corrected chi connectivity index (χ0v) is 5.72. The Bertz CT molecular complexity index is 240. The van der Waals surface area contributed by atoms with Crippen LogP contribution in [0.4, 0.5) is 8.78 Å². The molecule has 0 heterocycles. The molecule has 11 heavy (non-hydrogen) atoms. The molecule has 0 saturated carbocycles. The Labute approximate surface area is 62.8 Å². The maximum atomic E-state index is 12.7. The Kier molecular flexibility index (Phi) is 2.16. The van der Waals surface area contributed by atoms with Gasteiger partial charge in [-0.2, -0.15) is 0 Å². The molecule has 0 aromatic heterocycles. The lowest BCUT2D eigenvalue weighted by atomic mass is 10.1. The first-order chi connectivity index (χ1) is 5.13. The maximum absolute atomic E-state index is 12.7. The van der Waals surface area contributed by atoms with Gasteiger partial charge in [0.25, 0.3) is 0 Å². The van der Waals surface area contributed by atoms with Gasteiger partial charge in [0.15, 0.2) is 0 Å². The van der Waals surface area contributed by atoms with Gasteiger partial charge in [-0.15, -0.1) is 0 Å². The number of hydrogen-bond donors (Lipinski definition) is 2. The van der Waals surface area contributed by atoms with E-state index in [0.717, 1.165) is 12.1 Å². The van der Waals surface area contributed by atoms with Crippen LogP contribution in [0.15, 0.2) is 18.2 Å². The van der Waals surface area contributed by atoms with Crippen LogP contribution in [-0.4, -0.2) is 0 Å². The molecule has 0 aliphatic heterocycles. The van der Waals surface area contributed by atoms with Crippen molar-refractivity contribution in [2.24, 2.45) is 11.5 Å². The third kappa shape index (κ3) is 1.53. The molecule has 1 aromatic rings. The lowest BCUT2D eigenvalue weighted by molar-refractivity contribution is 0.531. The predicted molar refractivity (Wildman–Crippen MR) is 37.5 cm³/mol. The molecule has 4 N–H and O–H groups in total. The minimum atomic E-state index is -1.10. The van der Waals surface area contributed by atoms with Crippen molar-refractivity contribution in [2.75, 3.05) is 0 Å². The fourth-order valence-electron chi connectivity index (χ4n) is 0.829. The van der Waals surface area contributed by atoms with E-state index in [1.165, 1.54) is 6.07 Å². The van der Waals surface area contributed by atoms with Gasteiger partial charge >= 0.3 is 0 Å². The first-order valence-corrected chi connectivity index (χ1v) is 3.08. The quantitative estimate of drug-likeness (QED) is 0.596. The van der Waals surface area contributed by atoms with Crippen molar-refractivity contribution in [3.63, 3.8) is 0 Å². The van der Waals surface area contributed by atoms with Gasteiger partial charge in [0.2, 0.25) is 0 Å². The average Bonchev–Trinajstić information content (AvgIpc) is 1.85. The van der Waals surface area contributed by atoms with Crippen molar-refractivity contribution in [2.45, 2.75) is 6.17 Å². The van der Waals surface area contributed by atoms with E-state index in [-0.39, 0.29) is 5.56 Å². The second-order valence-corrected chi connectivity index (χ2v) is 2.16. The third-order valence-electron chi connectivity index (χ3n) is 1.33. The van der Waals surface area contributed by atoms with Gasteiger partial charge in [0, 0.05) is 0 Å². The van der Waals surface area contributed by atoms with Crippen molar-refractivity contribution in [1.29, 1.82) is 0 Å². The molecule has 0 radical (unpaired) electrons. The molecule has 0 amide bonds. The van der Waals surface area contributed by atoms with Crippen LogP contribution >= 0.6 is 0 Å². The van der Waals surface area contributed by atoms with Crippen LogP contribution in [0.2, 0.25) is 0 Å². The van der Waals surface area contributed by atoms with E-state index in [0.29, 0.717) is 0 Å². The molecule has 2 nitrogen and oxygen atoms in total. The zero-order chi connectivity index (χ0) is 8.43. The number of halogens is 2. The van der Waals surface area contributed by atoms with E-state index in [9.17, 15) is 8.78 Å². The summed E-state index contributed by atoms with van der Waals surface area (Å²) in [6.07, 6.45) is -1.10. The van der Waals surface area contributed by atoms with Crippen LogP contribution < -0.4 is 11.5 Å². The monoisotopic (exact) mass is 158 g/mol. The largest absolute Gasteiger partial charge is 0.312 e. The van der Waals surface area contributed by atoms with Crippen molar-refractivity contribution >= 4 is 0 Å². The molecule has 0 saturated heterocycles. The molecule has 4 heteroatoms. The predicted octanol–water partition coefficient (Wildman–Crippen LogP) is 0.881. The summed E-state index contributed by atoms with van der Waals surface area (Å²) in [5.41, 5.74) is 9.96. The molecule has 0 unspecified atom stereocenters. The van der Waals surface area contributed by atoms with Crippen molar-refractivity contribution in [3.8, 4) is 0 Å². The van der Waals surface area contributed by atoms with Gasteiger partial charge in [-0.3, -0.25) is 0 Å². The van der Waals surface area contributed by atoms with Crippen molar-refractivity contribution in [3.05, 3.63) is 35.4 Å². The minimum Gasteiger partial charge on any atom is -0.312 e. The molecule has 0 bridgehead atoms. The number of hydrogen-bond acceptors (Lipinski definition) is 2. The summed E-state index contributed by atoms with van der Waals surface area (Å²) < 4.78 is 25.4. The fourth-order valence-corrected chi connectivity index (χ4v) is 0.829. The van der Waals surface area contributed by atoms with E-state index in [1.807, 2.05) is 0 Å². The summed E-state index contributed by atoms with van der Waals surface area (Å²) in [7, 11) is 0. The highest BCUT2D eigenvalue weighted by molar-refractivity contribution is 5.21. The number of benzene rings is 1.